The first-order valence-corrected chi connectivity index (χ1v) is 9.13. The van der Waals surface area contributed by atoms with Gasteiger partial charge in [-0.1, -0.05) is 0 Å². The quantitative estimate of drug-likeness (QED) is 0.844. The van der Waals surface area contributed by atoms with Gasteiger partial charge in [-0.2, -0.15) is 11.3 Å². The van der Waals surface area contributed by atoms with E-state index in [1.807, 2.05) is 19.1 Å². The fourth-order valence-corrected chi connectivity index (χ4v) is 4.22. The molecule has 0 unspecified atom stereocenters. The Morgan fingerprint density at radius 2 is 2.30 bits per heavy atom. The van der Waals surface area contributed by atoms with Crippen molar-refractivity contribution in [2.45, 2.75) is 19.6 Å². The van der Waals surface area contributed by atoms with Crippen LogP contribution in [0, 0.1) is 18.8 Å². The third kappa shape index (κ3) is 3.42. The van der Waals surface area contributed by atoms with E-state index in [9.17, 15) is 0 Å². The van der Waals surface area contributed by atoms with Crippen LogP contribution in [0.1, 0.15) is 11.3 Å². The summed E-state index contributed by atoms with van der Waals surface area (Å²) < 4.78 is 11.9. The predicted molar refractivity (Wildman–Crippen MR) is 90.8 cm³/mol. The second-order valence-corrected chi connectivity index (χ2v) is 7.35. The third-order valence-electron chi connectivity index (χ3n) is 4.85. The van der Waals surface area contributed by atoms with Crippen molar-refractivity contribution in [3.05, 3.63) is 46.4 Å². The molecule has 0 aromatic carbocycles. The Morgan fingerprint density at radius 3 is 3.09 bits per heavy atom. The lowest BCUT2D eigenvalue weighted by atomic mass is 9.94. The second-order valence-electron chi connectivity index (χ2n) is 6.57. The van der Waals surface area contributed by atoms with Gasteiger partial charge in [-0.25, -0.2) is 0 Å². The average molecular weight is 330 g/mol. The van der Waals surface area contributed by atoms with Crippen molar-refractivity contribution in [2.75, 3.05) is 26.3 Å². The van der Waals surface area contributed by atoms with Crippen LogP contribution in [-0.2, 0) is 11.3 Å². The van der Waals surface area contributed by atoms with Crippen LogP contribution in [0.5, 0.6) is 5.75 Å². The number of aromatic nitrogens is 1. The smallest absolute Gasteiger partial charge is 0.137 e. The van der Waals surface area contributed by atoms with Crippen molar-refractivity contribution in [3.63, 3.8) is 0 Å². The minimum absolute atomic E-state index is 0.373. The van der Waals surface area contributed by atoms with Crippen molar-refractivity contribution in [2.24, 2.45) is 11.8 Å². The Kier molecular flexibility index (Phi) is 4.33. The summed E-state index contributed by atoms with van der Waals surface area (Å²) in [7, 11) is 0. The van der Waals surface area contributed by atoms with Crippen LogP contribution >= 0.6 is 11.3 Å². The van der Waals surface area contributed by atoms with Crippen molar-refractivity contribution >= 4 is 11.3 Å². The van der Waals surface area contributed by atoms with Crippen molar-refractivity contribution in [1.82, 2.24) is 9.88 Å². The normalized spacial score (nSPS) is 27.3. The molecule has 0 spiro atoms. The van der Waals surface area contributed by atoms with Crippen LogP contribution in [0.3, 0.4) is 0 Å². The Labute approximate surface area is 141 Å². The van der Waals surface area contributed by atoms with Gasteiger partial charge in [-0.05, 0) is 41.4 Å². The van der Waals surface area contributed by atoms with E-state index in [1.165, 1.54) is 5.56 Å². The Morgan fingerprint density at radius 1 is 1.35 bits per heavy atom. The standard InChI is InChI=1S/C18H22N2O2S/c1-13-2-3-16(6-19-13)21-10-15-11-22-18-9-20(8-17(15)18)7-14-4-5-23-12-14/h2-6,12,15,17-18H,7-11H2,1H3/t15-,17+,18+/m0/s1. The molecule has 0 N–H and O–H groups in total. The first-order valence-electron chi connectivity index (χ1n) is 8.18. The molecule has 5 heteroatoms. The zero-order valence-corrected chi connectivity index (χ0v) is 14.2. The van der Waals surface area contributed by atoms with Gasteiger partial charge in [0.15, 0.2) is 0 Å². The summed E-state index contributed by atoms with van der Waals surface area (Å²) in [5, 5.41) is 4.38. The molecule has 2 fully saturated rings. The highest BCUT2D eigenvalue weighted by Crippen LogP contribution is 2.34. The SMILES string of the molecule is Cc1ccc(OC[C@H]2CO[C@@H]3CN(Cc4ccsc4)C[C@H]23)cn1. The van der Waals surface area contributed by atoms with Gasteiger partial charge in [-0.15, -0.1) is 0 Å². The Hall–Kier alpha value is -1.43. The van der Waals surface area contributed by atoms with Crippen molar-refractivity contribution < 1.29 is 9.47 Å². The second kappa shape index (κ2) is 6.59. The van der Waals surface area contributed by atoms with Crippen LogP contribution in [0.4, 0.5) is 0 Å². The zero-order valence-electron chi connectivity index (χ0n) is 13.4. The topological polar surface area (TPSA) is 34.6 Å². The summed E-state index contributed by atoms with van der Waals surface area (Å²) in [6, 6.07) is 6.19. The molecule has 0 amide bonds. The van der Waals surface area contributed by atoms with E-state index in [4.69, 9.17) is 9.47 Å². The highest BCUT2D eigenvalue weighted by Gasteiger charge is 2.43. The van der Waals surface area contributed by atoms with Gasteiger partial charge in [0.2, 0.25) is 0 Å². The lowest BCUT2D eigenvalue weighted by molar-refractivity contribution is 0.0897. The predicted octanol–water partition coefficient (Wildman–Crippen LogP) is 2.98. The number of likely N-dealkylation sites (tertiary alicyclic amines) is 1. The molecule has 2 aliphatic heterocycles. The number of hydrogen-bond donors (Lipinski definition) is 0. The lowest BCUT2D eigenvalue weighted by Crippen LogP contribution is -2.26. The molecular weight excluding hydrogens is 308 g/mol. The molecule has 2 aromatic heterocycles. The summed E-state index contributed by atoms with van der Waals surface area (Å²) in [5.74, 6) is 1.92. The molecule has 2 saturated heterocycles. The fourth-order valence-electron chi connectivity index (χ4n) is 3.56. The summed E-state index contributed by atoms with van der Waals surface area (Å²) >= 11 is 1.77. The van der Waals surface area contributed by atoms with E-state index >= 15 is 0 Å². The molecule has 0 bridgehead atoms. The fraction of sp³-hybridized carbons (Fsp3) is 0.500. The number of ether oxygens (including phenoxy) is 2. The summed E-state index contributed by atoms with van der Waals surface area (Å²) in [6.45, 7) is 6.72. The highest BCUT2D eigenvalue weighted by atomic mass is 32.1. The molecule has 3 atom stereocenters. The first-order chi connectivity index (χ1) is 11.3. The third-order valence-corrected chi connectivity index (χ3v) is 5.58. The van der Waals surface area contributed by atoms with Gasteiger partial charge in [0.25, 0.3) is 0 Å². The first kappa shape index (κ1) is 15.1. The molecule has 4 heterocycles. The molecule has 0 aliphatic carbocycles. The summed E-state index contributed by atoms with van der Waals surface area (Å²) in [4.78, 5) is 6.79. The monoisotopic (exact) mass is 330 g/mol. The minimum Gasteiger partial charge on any atom is -0.492 e. The van der Waals surface area contributed by atoms with Crippen LogP contribution < -0.4 is 4.74 Å². The lowest BCUT2D eigenvalue weighted by Gasteiger charge is -2.19. The van der Waals surface area contributed by atoms with Crippen LogP contribution in [0.2, 0.25) is 0 Å². The van der Waals surface area contributed by atoms with Crippen molar-refractivity contribution in [3.8, 4) is 5.75 Å². The molecule has 2 aliphatic rings. The zero-order chi connectivity index (χ0) is 15.6. The molecular formula is C18H22N2O2S. The van der Waals surface area contributed by atoms with E-state index in [1.54, 1.807) is 17.5 Å². The van der Waals surface area contributed by atoms with Crippen LogP contribution in [0.15, 0.2) is 35.2 Å². The molecule has 122 valence electrons. The van der Waals surface area contributed by atoms with Gasteiger partial charge >= 0.3 is 0 Å². The van der Waals surface area contributed by atoms with E-state index in [2.05, 4.69) is 26.7 Å². The number of hydrogen-bond acceptors (Lipinski definition) is 5. The number of thiophene rings is 1. The van der Waals surface area contributed by atoms with Gasteiger partial charge in [0.1, 0.15) is 5.75 Å². The number of nitrogens with zero attached hydrogens (tertiary/aromatic N) is 2. The van der Waals surface area contributed by atoms with Crippen molar-refractivity contribution in [1.29, 1.82) is 0 Å². The number of pyridine rings is 1. The number of aryl methyl sites for hydroxylation is 1. The molecule has 23 heavy (non-hydrogen) atoms. The van der Waals surface area contributed by atoms with E-state index < -0.39 is 0 Å². The highest BCUT2D eigenvalue weighted by molar-refractivity contribution is 7.07. The molecule has 0 radical (unpaired) electrons. The van der Waals surface area contributed by atoms with Gasteiger partial charge in [0, 0.05) is 37.2 Å². The Balaban J connectivity index is 1.32. The summed E-state index contributed by atoms with van der Waals surface area (Å²) in [5.41, 5.74) is 2.43. The van der Waals surface area contributed by atoms with E-state index in [0.717, 1.165) is 44.3 Å². The maximum absolute atomic E-state index is 6.01. The minimum atomic E-state index is 0.373. The van der Waals surface area contributed by atoms with Crippen LogP contribution in [-0.4, -0.2) is 42.3 Å². The Bertz CT molecular complexity index is 629. The number of rotatable bonds is 5. The summed E-state index contributed by atoms with van der Waals surface area (Å²) in [6.07, 6.45) is 2.18. The molecule has 4 nitrogen and oxygen atoms in total. The maximum Gasteiger partial charge on any atom is 0.137 e. The maximum atomic E-state index is 6.01. The van der Waals surface area contributed by atoms with Crippen LogP contribution in [0.25, 0.3) is 0 Å². The van der Waals surface area contributed by atoms with Gasteiger partial charge in [0.05, 0.1) is 25.5 Å². The van der Waals surface area contributed by atoms with Gasteiger partial charge in [-0.3, -0.25) is 9.88 Å². The molecule has 2 aromatic rings. The molecule has 4 rings (SSSR count). The number of fused-ring (bicyclic) bond motifs is 1. The van der Waals surface area contributed by atoms with E-state index in [0.29, 0.717) is 17.9 Å². The van der Waals surface area contributed by atoms with Gasteiger partial charge < -0.3 is 9.47 Å². The average Bonchev–Trinajstić information content (AvgIpc) is 3.25. The largest absolute Gasteiger partial charge is 0.492 e. The van der Waals surface area contributed by atoms with E-state index in [-0.39, 0.29) is 0 Å². The molecule has 0 saturated carbocycles.